The predicted molar refractivity (Wildman–Crippen MR) is 77.9 cm³/mol. The average Bonchev–Trinajstić information content (AvgIpc) is 3.06. The summed E-state index contributed by atoms with van der Waals surface area (Å²) in [6, 6.07) is 4.90. The van der Waals surface area contributed by atoms with Gasteiger partial charge in [0.25, 0.3) is 0 Å². The van der Waals surface area contributed by atoms with E-state index in [1.807, 2.05) is 18.3 Å². The van der Waals surface area contributed by atoms with Gasteiger partial charge in [-0.25, -0.2) is 0 Å². The lowest BCUT2D eigenvalue weighted by molar-refractivity contribution is 0.157. The van der Waals surface area contributed by atoms with Gasteiger partial charge < -0.3 is 10.4 Å². The molecule has 1 fully saturated rings. The zero-order valence-corrected chi connectivity index (χ0v) is 12.1. The third kappa shape index (κ3) is 3.81. The standard InChI is InChI=1S/C15H25NOS/c1-2-13(17)9-10-16-15(12-6-3-4-7-12)14-8-5-11-18-14/h5,8,11-13,15-17H,2-4,6-7,9-10H2,1H3. The molecule has 0 saturated heterocycles. The molecule has 1 heterocycles. The first-order valence-electron chi connectivity index (χ1n) is 7.26. The Morgan fingerprint density at radius 1 is 1.44 bits per heavy atom. The highest BCUT2D eigenvalue weighted by atomic mass is 32.1. The second-order valence-corrected chi connectivity index (χ2v) is 6.32. The monoisotopic (exact) mass is 267 g/mol. The number of aliphatic hydroxyl groups excluding tert-OH is 1. The number of aliphatic hydroxyl groups is 1. The maximum atomic E-state index is 9.63. The summed E-state index contributed by atoms with van der Waals surface area (Å²) < 4.78 is 0. The molecule has 0 spiro atoms. The van der Waals surface area contributed by atoms with Gasteiger partial charge in [0.05, 0.1) is 6.10 Å². The maximum absolute atomic E-state index is 9.63. The molecule has 0 amide bonds. The summed E-state index contributed by atoms with van der Waals surface area (Å²) >= 11 is 1.86. The van der Waals surface area contributed by atoms with Crippen molar-refractivity contribution in [3.05, 3.63) is 22.4 Å². The van der Waals surface area contributed by atoms with Gasteiger partial charge in [-0.15, -0.1) is 11.3 Å². The van der Waals surface area contributed by atoms with Crippen molar-refractivity contribution in [3.8, 4) is 0 Å². The molecule has 2 N–H and O–H groups in total. The van der Waals surface area contributed by atoms with Crippen molar-refractivity contribution in [2.45, 2.75) is 57.6 Å². The Kier molecular flexibility index (Phi) is 5.67. The number of rotatable bonds is 7. The van der Waals surface area contributed by atoms with E-state index in [1.165, 1.54) is 30.6 Å². The Balaban J connectivity index is 1.88. The first-order chi connectivity index (χ1) is 8.81. The van der Waals surface area contributed by atoms with E-state index in [9.17, 15) is 5.11 Å². The van der Waals surface area contributed by atoms with Crippen LogP contribution in [0.5, 0.6) is 0 Å². The van der Waals surface area contributed by atoms with E-state index < -0.39 is 0 Å². The van der Waals surface area contributed by atoms with E-state index in [-0.39, 0.29) is 6.10 Å². The van der Waals surface area contributed by atoms with Gasteiger partial charge in [0.15, 0.2) is 0 Å². The molecule has 2 unspecified atom stereocenters. The molecule has 1 aliphatic carbocycles. The van der Waals surface area contributed by atoms with Gasteiger partial charge in [0, 0.05) is 10.9 Å². The predicted octanol–water partition coefficient (Wildman–Crippen LogP) is 3.73. The number of hydrogen-bond donors (Lipinski definition) is 2. The summed E-state index contributed by atoms with van der Waals surface area (Å²) in [6.45, 7) is 2.96. The molecule has 102 valence electrons. The molecule has 2 atom stereocenters. The smallest absolute Gasteiger partial charge is 0.0549 e. The third-order valence-corrected chi connectivity index (χ3v) is 4.99. The van der Waals surface area contributed by atoms with Crippen molar-refractivity contribution in [1.82, 2.24) is 5.32 Å². The largest absolute Gasteiger partial charge is 0.393 e. The minimum absolute atomic E-state index is 0.148. The lowest BCUT2D eigenvalue weighted by Crippen LogP contribution is -2.29. The Hall–Kier alpha value is -0.380. The fraction of sp³-hybridized carbons (Fsp3) is 0.733. The Bertz CT molecular complexity index is 319. The molecule has 18 heavy (non-hydrogen) atoms. The van der Waals surface area contributed by atoms with E-state index >= 15 is 0 Å². The summed E-state index contributed by atoms with van der Waals surface area (Å²) in [4.78, 5) is 1.47. The van der Waals surface area contributed by atoms with Crippen LogP contribution in [0.15, 0.2) is 17.5 Å². The molecule has 0 aliphatic heterocycles. The van der Waals surface area contributed by atoms with Crippen molar-refractivity contribution < 1.29 is 5.11 Å². The quantitative estimate of drug-likeness (QED) is 0.789. The van der Waals surface area contributed by atoms with Crippen molar-refractivity contribution in [2.24, 2.45) is 5.92 Å². The molecule has 1 saturated carbocycles. The second-order valence-electron chi connectivity index (χ2n) is 5.34. The normalized spacial score (nSPS) is 20.1. The van der Waals surface area contributed by atoms with Crippen LogP contribution in [0.4, 0.5) is 0 Å². The molecule has 2 rings (SSSR count). The van der Waals surface area contributed by atoms with Gasteiger partial charge >= 0.3 is 0 Å². The summed E-state index contributed by atoms with van der Waals surface area (Å²) in [6.07, 6.45) is 7.04. The molecule has 1 aromatic rings. The number of nitrogens with one attached hydrogen (secondary N) is 1. The van der Waals surface area contributed by atoms with Crippen LogP contribution in [0.1, 0.15) is 56.4 Å². The van der Waals surface area contributed by atoms with Crippen LogP contribution in [0.2, 0.25) is 0 Å². The molecule has 1 aromatic heterocycles. The van der Waals surface area contributed by atoms with Crippen LogP contribution in [-0.4, -0.2) is 17.8 Å². The van der Waals surface area contributed by atoms with Crippen molar-refractivity contribution in [2.75, 3.05) is 6.54 Å². The van der Waals surface area contributed by atoms with Crippen LogP contribution in [-0.2, 0) is 0 Å². The minimum atomic E-state index is -0.148. The summed E-state index contributed by atoms with van der Waals surface area (Å²) in [5.74, 6) is 0.794. The van der Waals surface area contributed by atoms with Crippen molar-refractivity contribution in [1.29, 1.82) is 0 Å². The number of thiophene rings is 1. The molecule has 0 aromatic carbocycles. The zero-order chi connectivity index (χ0) is 12.8. The first-order valence-corrected chi connectivity index (χ1v) is 8.14. The summed E-state index contributed by atoms with van der Waals surface area (Å²) in [7, 11) is 0. The van der Waals surface area contributed by atoms with Gasteiger partial charge in [-0.3, -0.25) is 0 Å². The van der Waals surface area contributed by atoms with Gasteiger partial charge in [-0.05, 0) is 49.6 Å². The average molecular weight is 267 g/mol. The highest BCUT2D eigenvalue weighted by Crippen LogP contribution is 2.37. The summed E-state index contributed by atoms with van der Waals surface area (Å²) in [5, 5.41) is 15.5. The van der Waals surface area contributed by atoms with Gasteiger partial charge in [-0.2, -0.15) is 0 Å². The Morgan fingerprint density at radius 3 is 2.83 bits per heavy atom. The van der Waals surface area contributed by atoms with E-state index in [1.54, 1.807) is 0 Å². The minimum Gasteiger partial charge on any atom is -0.393 e. The second kappa shape index (κ2) is 7.27. The third-order valence-electron chi connectivity index (χ3n) is 4.03. The molecule has 1 aliphatic rings. The molecular formula is C15H25NOS. The van der Waals surface area contributed by atoms with Crippen LogP contribution in [0, 0.1) is 5.92 Å². The molecule has 0 bridgehead atoms. The van der Waals surface area contributed by atoms with Crippen LogP contribution < -0.4 is 5.32 Å². The van der Waals surface area contributed by atoms with Crippen LogP contribution >= 0.6 is 11.3 Å². The lowest BCUT2D eigenvalue weighted by Gasteiger charge is -2.24. The van der Waals surface area contributed by atoms with Crippen LogP contribution in [0.3, 0.4) is 0 Å². The fourth-order valence-electron chi connectivity index (χ4n) is 2.87. The Labute approximate surface area is 114 Å². The van der Waals surface area contributed by atoms with Crippen LogP contribution in [0.25, 0.3) is 0 Å². The lowest BCUT2D eigenvalue weighted by atomic mass is 9.96. The molecule has 3 heteroatoms. The molecule has 0 radical (unpaired) electrons. The molecular weight excluding hydrogens is 242 g/mol. The fourth-order valence-corrected chi connectivity index (χ4v) is 3.76. The highest BCUT2D eigenvalue weighted by molar-refractivity contribution is 7.10. The van der Waals surface area contributed by atoms with E-state index in [0.29, 0.717) is 6.04 Å². The zero-order valence-electron chi connectivity index (χ0n) is 11.3. The Morgan fingerprint density at radius 2 is 2.22 bits per heavy atom. The van der Waals surface area contributed by atoms with Crippen molar-refractivity contribution >= 4 is 11.3 Å². The number of hydrogen-bond acceptors (Lipinski definition) is 3. The first kappa shape index (κ1) is 14.0. The maximum Gasteiger partial charge on any atom is 0.0549 e. The SMILES string of the molecule is CCC(O)CCNC(c1cccs1)C1CCCC1. The van der Waals surface area contributed by atoms with Crippen molar-refractivity contribution in [3.63, 3.8) is 0 Å². The topological polar surface area (TPSA) is 32.3 Å². The van der Waals surface area contributed by atoms with Gasteiger partial charge in [0.1, 0.15) is 0 Å². The van der Waals surface area contributed by atoms with E-state index in [2.05, 4.69) is 22.8 Å². The highest BCUT2D eigenvalue weighted by Gasteiger charge is 2.26. The van der Waals surface area contributed by atoms with E-state index in [0.717, 1.165) is 25.3 Å². The van der Waals surface area contributed by atoms with Gasteiger partial charge in [0.2, 0.25) is 0 Å². The van der Waals surface area contributed by atoms with E-state index in [4.69, 9.17) is 0 Å². The summed E-state index contributed by atoms with van der Waals surface area (Å²) in [5.41, 5.74) is 0. The van der Waals surface area contributed by atoms with Gasteiger partial charge in [-0.1, -0.05) is 25.8 Å². The molecule has 2 nitrogen and oxygen atoms in total.